The third-order valence-corrected chi connectivity index (χ3v) is 2.93. The maximum absolute atomic E-state index is 8.99. The van der Waals surface area contributed by atoms with Crippen molar-refractivity contribution >= 4 is 17.1 Å². The third kappa shape index (κ3) is 2.34. The van der Waals surface area contributed by atoms with Crippen LogP contribution in [-0.2, 0) is 0 Å². The molecule has 2 N–H and O–H groups in total. The van der Waals surface area contributed by atoms with E-state index >= 15 is 0 Å². The molecule has 92 valence electrons. The lowest BCUT2D eigenvalue weighted by atomic mass is 10.1. The van der Waals surface area contributed by atoms with E-state index in [-0.39, 0.29) is 0 Å². The van der Waals surface area contributed by atoms with E-state index in [1.54, 1.807) is 24.3 Å². The van der Waals surface area contributed by atoms with Gasteiger partial charge < -0.3 is 10.6 Å². The number of hydrogen-bond donors (Lipinski definition) is 1. The second kappa shape index (κ2) is 5.12. The van der Waals surface area contributed by atoms with Crippen LogP contribution in [0.3, 0.4) is 0 Å². The third-order valence-electron chi connectivity index (χ3n) is 2.93. The van der Waals surface area contributed by atoms with Gasteiger partial charge in [0, 0.05) is 12.7 Å². The van der Waals surface area contributed by atoms with E-state index in [9.17, 15) is 0 Å². The highest BCUT2D eigenvalue weighted by Crippen LogP contribution is 2.31. The van der Waals surface area contributed by atoms with Gasteiger partial charge in [-0.15, -0.1) is 0 Å². The van der Waals surface area contributed by atoms with Crippen LogP contribution in [-0.4, -0.2) is 7.05 Å². The first-order valence-corrected chi connectivity index (χ1v) is 5.70. The van der Waals surface area contributed by atoms with Crippen molar-refractivity contribution in [3.63, 3.8) is 0 Å². The summed E-state index contributed by atoms with van der Waals surface area (Å²) in [7, 11) is 1.85. The van der Waals surface area contributed by atoms with Crippen molar-refractivity contribution in [1.29, 1.82) is 10.5 Å². The number of hydrogen-bond acceptors (Lipinski definition) is 4. The van der Waals surface area contributed by atoms with Crippen LogP contribution in [0.25, 0.3) is 0 Å². The molecule has 19 heavy (non-hydrogen) atoms. The van der Waals surface area contributed by atoms with Crippen LogP contribution < -0.4 is 10.6 Å². The van der Waals surface area contributed by atoms with Crippen LogP contribution in [0.4, 0.5) is 17.1 Å². The summed E-state index contributed by atoms with van der Waals surface area (Å²) in [5, 5.41) is 17.9. The fourth-order valence-corrected chi connectivity index (χ4v) is 1.87. The van der Waals surface area contributed by atoms with Gasteiger partial charge in [-0.1, -0.05) is 12.1 Å². The predicted octanol–water partition coefficient (Wildman–Crippen LogP) is 2.78. The van der Waals surface area contributed by atoms with Gasteiger partial charge in [0.1, 0.15) is 6.07 Å². The predicted molar refractivity (Wildman–Crippen MR) is 74.8 cm³/mol. The van der Waals surface area contributed by atoms with E-state index in [0.717, 1.165) is 11.4 Å². The van der Waals surface area contributed by atoms with Gasteiger partial charge in [-0.25, -0.2) is 0 Å². The minimum absolute atomic E-state index is 0.440. The Bertz CT molecular complexity index is 692. The van der Waals surface area contributed by atoms with E-state index in [2.05, 4.69) is 12.1 Å². The molecular weight excluding hydrogens is 236 g/mol. The summed E-state index contributed by atoms with van der Waals surface area (Å²) in [6.45, 7) is 0. The van der Waals surface area contributed by atoms with Crippen molar-refractivity contribution in [2.24, 2.45) is 0 Å². The molecule has 0 aliphatic heterocycles. The van der Waals surface area contributed by atoms with Gasteiger partial charge in [0.15, 0.2) is 0 Å². The van der Waals surface area contributed by atoms with Gasteiger partial charge in [0.2, 0.25) is 0 Å². The number of nitrogen functional groups attached to an aromatic ring is 1. The Kier molecular flexibility index (Phi) is 3.36. The Morgan fingerprint density at radius 3 is 2.47 bits per heavy atom. The van der Waals surface area contributed by atoms with Gasteiger partial charge in [-0.05, 0) is 30.3 Å². The number of anilines is 3. The lowest BCUT2D eigenvalue weighted by Crippen LogP contribution is -2.12. The van der Waals surface area contributed by atoms with Crippen molar-refractivity contribution < 1.29 is 0 Å². The lowest BCUT2D eigenvalue weighted by molar-refractivity contribution is 1.21. The van der Waals surface area contributed by atoms with Crippen molar-refractivity contribution in [2.45, 2.75) is 0 Å². The molecule has 0 spiro atoms. The number of rotatable bonds is 2. The molecule has 0 aliphatic rings. The number of nitrogens with zero attached hydrogens (tertiary/aromatic N) is 3. The summed E-state index contributed by atoms with van der Waals surface area (Å²) < 4.78 is 0. The zero-order valence-corrected chi connectivity index (χ0v) is 10.5. The maximum Gasteiger partial charge on any atom is 0.101 e. The molecule has 0 atom stereocenters. The Hall–Kier alpha value is -2.98. The monoisotopic (exact) mass is 248 g/mol. The fourth-order valence-electron chi connectivity index (χ4n) is 1.87. The molecule has 0 saturated heterocycles. The number of benzene rings is 2. The molecule has 2 aromatic rings. The average Bonchev–Trinajstić information content (AvgIpc) is 2.47. The van der Waals surface area contributed by atoms with Crippen molar-refractivity contribution in [2.75, 3.05) is 17.7 Å². The van der Waals surface area contributed by atoms with E-state index in [1.807, 2.05) is 30.1 Å². The van der Waals surface area contributed by atoms with Gasteiger partial charge in [0.05, 0.1) is 28.6 Å². The van der Waals surface area contributed by atoms with E-state index in [0.29, 0.717) is 16.8 Å². The zero-order valence-electron chi connectivity index (χ0n) is 10.5. The van der Waals surface area contributed by atoms with Crippen LogP contribution in [0, 0.1) is 22.7 Å². The van der Waals surface area contributed by atoms with Gasteiger partial charge >= 0.3 is 0 Å². The van der Waals surface area contributed by atoms with E-state index in [1.165, 1.54) is 0 Å². The van der Waals surface area contributed by atoms with Gasteiger partial charge in [0.25, 0.3) is 0 Å². The normalized spacial score (nSPS) is 9.42. The Balaban J connectivity index is 2.48. The van der Waals surface area contributed by atoms with Crippen molar-refractivity contribution in [3.05, 3.63) is 53.6 Å². The summed E-state index contributed by atoms with van der Waals surface area (Å²) in [6.07, 6.45) is 0. The first kappa shape index (κ1) is 12.5. The maximum atomic E-state index is 8.99. The lowest BCUT2D eigenvalue weighted by Gasteiger charge is -2.21. The Morgan fingerprint density at radius 1 is 1.05 bits per heavy atom. The standard InChI is InChI=1S/C15H12N4/c1-19(13-6-2-4-11(8-13)9-16)14-7-3-5-12(10-17)15(14)18/h2-8H,18H2,1H3. The number of nitriles is 2. The molecule has 0 heterocycles. The van der Waals surface area contributed by atoms with Gasteiger partial charge in [-0.2, -0.15) is 10.5 Å². The minimum atomic E-state index is 0.440. The highest BCUT2D eigenvalue weighted by atomic mass is 15.1. The molecule has 0 radical (unpaired) electrons. The summed E-state index contributed by atoms with van der Waals surface area (Å²) in [5.74, 6) is 0. The van der Waals surface area contributed by atoms with Crippen LogP contribution in [0.2, 0.25) is 0 Å². The molecule has 4 heteroatoms. The van der Waals surface area contributed by atoms with Crippen LogP contribution >= 0.6 is 0 Å². The fraction of sp³-hybridized carbons (Fsp3) is 0.0667. The number of nitrogens with two attached hydrogens (primary N) is 1. The molecule has 2 rings (SSSR count). The summed E-state index contributed by atoms with van der Waals surface area (Å²) in [4.78, 5) is 1.86. The highest BCUT2D eigenvalue weighted by Gasteiger charge is 2.10. The Labute approximate surface area is 111 Å². The molecule has 0 aliphatic carbocycles. The van der Waals surface area contributed by atoms with Crippen LogP contribution in [0.5, 0.6) is 0 Å². The molecule has 4 nitrogen and oxygen atoms in total. The number of para-hydroxylation sites is 1. The zero-order chi connectivity index (χ0) is 13.8. The topological polar surface area (TPSA) is 76.8 Å². The molecule has 0 aromatic heterocycles. The second-order valence-electron chi connectivity index (χ2n) is 4.07. The van der Waals surface area contributed by atoms with Gasteiger partial charge in [-0.3, -0.25) is 0 Å². The van der Waals surface area contributed by atoms with Crippen LogP contribution in [0.15, 0.2) is 42.5 Å². The first-order chi connectivity index (χ1) is 9.17. The molecule has 2 aromatic carbocycles. The summed E-state index contributed by atoms with van der Waals surface area (Å²) in [5.41, 5.74) is 9.03. The summed E-state index contributed by atoms with van der Waals surface area (Å²) >= 11 is 0. The van der Waals surface area contributed by atoms with Crippen molar-refractivity contribution in [1.82, 2.24) is 0 Å². The van der Waals surface area contributed by atoms with E-state index in [4.69, 9.17) is 16.3 Å². The van der Waals surface area contributed by atoms with Crippen LogP contribution in [0.1, 0.15) is 11.1 Å². The molecule has 0 fully saturated rings. The second-order valence-corrected chi connectivity index (χ2v) is 4.07. The van der Waals surface area contributed by atoms with E-state index < -0.39 is 0 Å². The first-order valence-electron chi connectivity index (χ1n) is 5.70. The smallest absolute Gasteiger partial charge is 0.101 e. The average molecular weight is 248 g/mol. The minimum Gasteiger partial charge on any atom is -0.396 e. The molecule has 0 saturated carbocycles. The molecular formula is C15H12N4. The largest absolute Gasteiger partial charge is 0.396 e. The molecule has 0 amide bonds. The Morgan fingerprint density at radius 2 is 1.79 bits per heavy atom. The SMILES string of the molecule is CN(c1cccc(C#N)c1)c1cccc(C#N)c1N. The molecule has 0 bridgehead atoms. The molecule has 0 unspecified atom stereocenters. The quantitative estimate of drug-likeness (QED) is 0.829. The summed E-state index contributed by atoms with van der Waals surface area (Å²) in [6, 6.07) is 16.7. The highest BCUT2D eigenvalue weighted by molar-refractivity contribution is 5.78. The van der Waals surface area contributed by atoms with Crippen molar-refractivity contribution in [3.8, 4) is 12.1 Å².